The molecule has 0 radical (unpaired) electrons. The van der Waals surface area contributed by atoms with Gasteiger partial charge in [0.25, 0.3) is 0 Å². The van der Waals surface area contributed by atoms with E-state index in [9.17, 15) is 14.6 Å². The van der Waals surface area contributed by atoms with Crippen LogP contribution in [0.1, 0.15) is 23.7 Å². The van der Waals surface area contributed by atoms with Crippen LogP contribution in [0.25, 0.3) is 10.4 Å². The molecule has 7 heteroatoms. The first-order chi connectivity index (χ1) is 8.60. The van der Waals surface area contributed by atoms with Crippen LogP contribution < -0.4 is 0 Å². The zero-order valence-electron chi connectivity index (χ0n) is 9.36. The molecule has 0 fully saturated rings. The highest BCUT2D eigenvalue weighted by Crippen LogP contribution is 2.23. The third-order valence-corrected chi connectivity index (χ3v) is 2.41. The number of azide groups is 1. The summed E-state index contributed by atoms with van der Waals surface area (Å²) in [6.07, 6.45) is -2.46. The zero-order chi connectivity index (χ0) is 13.5. The molecule has 0 saturated heterocycles. The molecule has 1 aromatic rings. The summed E-state index contributed by atoms with van der Waals surface area (Å²) in [5.74, 6) is -0.592. The number of halogens is 1. The van der Waals surface area contributed by atoms with E-state index in [0.717, 1.165) is 12.1 Å². The standard InChI is InChI=1S/C11H11FN4O2/c12-8-1-2-9(7(5-8)6-13)11(18)10(17)3-4-15-16-14/h1-2,5,10-11,17-18H,3-4H2. The van der Waals surface area contributed by atoms with E-state index >= 15 is 0 Å². The predicted molar refractivity (Wildman–Crippen MR) is 60.7 cm³/mol. The van der Waals surface area contributed by atoms with Crippen molar-refractivity contribution in [2.75, 3.05) is 6.54 Å². The maximum atomic E-state index is 12.9. The lowest BCUT2D eigenvalue weighted by atomic mass is 9.97. The number of benzene rings is 1. The van der Waals surface area contributed by atoms with E-state index in [0.29, 0.717) is 0 Å². The first-order valence-corrected chi connectivity index (χ1v) is 5.16. The van der Waals surface area contributed by atoms with Gasteiger partial charge in [0, 0.05) is 17.0 Å². The van der Waals surface area contributed by atoms with Gasteiger partial charge in [0.15, 0.2) is 0 Å². The number of aliphatic hydroxyl groups is 2. The summed E-state index contributed by atoms with van der Waals surface area (Å²) in [6.45, 7) is 0.0256. The predicted octanol–water partition coefficient (Wildman–Crippen LogP) is 1.79. The first-order valence-electron chi connectivity index (χ1n) is 5.16. The smallest absolute Gasteiger partial charge is 0.124 e. The van der Waals surface area contributed by atoms with Crippen molar-refractivity contribution in [2.45, 2.75) is 18.6 Å². The third kappa shape index (κ3) is 3.43. The molecule has 0 heterocycles. The van der Waals surface area contributed by atoms with Crippen molar-refractivity contribution in [2.24, 2.45) is 5.11 Å². The van der Waals surface area contributed by atoms with Crippen molar-refractivity contribution in [1.82, 2.24) is 0 Å². The SMILES string of the molecule is N#Cc1cc(F)ccc1C(O)C(O)CCN=[N+]=[N-]. The van der Waals surface area contributed by atoms with Crippen molar-refractivity contribution in [3.63, 3.8) is 0 Å². The number of rotatable bonds is 5. The molecule has 94 valence electrons. The van der Waals surface area contributed by atoms with Crippen LogP contribution in [0.3, 0.4) is 0 Å². The Morgan fingerprint density at radius 3 is 2.83 bits per heavy atom. The van der Waals surface area contributed by atoms with Gasteiger partial charge in [0.05, 0.1) is 17.7 Å². The van der Waals surface area contributed by atoms with Crippen LogP contribution in [0.4, 0.5) is 4.39 Å². The topological polar surface area (TPSA) is 113 Å². The summed E-state index contributed by atoms with van der Waals surface area (Å²) < 4.78 is 12.9. The third-order valence-electron chi connectivity index (χ3n) is 2.41. The van der Waals surface area contributed by atoms with E-state index in [1.807, 2.05) is 0 Å². The molecular weight excluding hydrogens is 239 g/mol. The normalized spacial score (nSPS) is 13.2. The highest BCUT2D eigenvalue weighted by atomic mass is 19.1. The van der Waals surface area contributed by atoms with Crippen LogP contribution in [0.15, 0.2) is 23.3 Å². The number of nitrogens with zero attached hydrogens (tertiary/aromatic N) is 4. The molecule has 0 bridgehead atoms. The molecule has 2 unspecified atom stereocenters. The van der Waals surface area contributed by atoms with Gasteiger partial charge in [-0.25, -0.2) is 4.39 Å². The van der Waals surface area contributed by atoms with E-state index in [-0.39, 0.29) is 24.1 Å². The minimum Gasteiger partial charge on any atom is -0.390 e. The van der Waals surface area contributed by atoms with Gasteiger partial charge < -0.3 is 10.2 Å². The maximum Gasteiger partial charge on any atom is 0.124 e. The van der Waals surface area contributed by atoms with Gasteiger partial charge in [0.2, 0.25) is 0 Å². The summed E-state index contributed by atoms with van der Waals surface area (Å²) >= 11 is 0. The van der Waals surface area contributed by atoms with E-state index in [2.05, 4.69) is 10.0 Å². The summed E-state index contributed by atoms with van der Waals surface area (Å²) in [5.41, 5.74) is 8.19. The van der Waals surface area contributed by atoms with Gasteiger partial charge in [-0.15, -0.1) is 0 Å². The monoisotopic (exact) mass is 250 g/mol. The van der Waals surface area contributed by atoms with Gasteiger partial charge in [-0.05, 0) is 24.1 Å². The lowest BCUT2D eigenvalue weighted by molar-refractivity contribution is 0.0148. The number of hydrogen-bond acceptors (Lipinski definition) is 4. The Hall–Kier alpha value is -2.13. The Kier molecular flexibility index (Phi) is 5.08. The Balaban J connectivity index is 2.86. The first kappa shape index (κ1) is 13.9. The molecule has 0 aliphatic heterocycles. The molecule has 1 aromatic carbocycles. The number of aliphatic hydroxyl groups excluding tert-OH is 2. The van der Waals surface area contributed by atoms with Crippen LogP contribution in [-0.2, 0) is 0 Å². The van der Waals surface area contributed by atoms with Gasteiger partial charge in [-0.2, -0.15) is 5.26 Å². The molecule has 6 nitrogen and oxygen atoms in total. The van der Waals surface area contributed by atoms with E-state index < -0.39 is 18.0 Å². The Labute approximate surface area is 103 Å². The molecule has 2 N–H and O–H groups in total. The van der Waals surface area contributed by atoms with Gasteiger partial charge in [-0.1, -0.05) is 11.2 Å². The van der Waals surface area contributed by atoms with E-state index in [1.165, 1.54) is 6.07 Å². The summed E-state index contributed by atoms with van der Waals surface area (Å²) in [6, 6.07) is 5.07. The molecule has 2 atom stereocenters. The van der Waals surface area contributed by atoms with Crippen LogP contribution in [-0.4, -0.2) is 22.9 Å². The van der Waals surface area contributed by atoms with Crippen LogP contribution in [0, 0.1) is 17.1 Å². The minimum atomic E-state index is -1.32. The molecule has 0 aliphatic rings. The van der Waals surface area contributed by atoms with Crippen LogP contribution in [0.5, 0.6) is 0 Å². The maximum absolute atomic E-state index is 12.9. The molecule has 1 rings (SSSR count). The quantitative estimate of drug-likeness (QED) is 0.471. The van der Waals surface area contributed by atoms with Crippen molar-refractivity contribution in [1.29, 1.82) is 5.26 Å². The lowest BCUT2D eigenvalue weighted by Crippen LogP contribution is -2.20. The Morgan fingerprint density at radius 1 is 1.50 bits per heavy atom. The lowest BCUT2D eigenvalue weighted by Gasteiger charge is -2.18. The molecule has 0 aromatic heterocycles. The molecule has 0 amide bonds. The second-order valence-corrected chi connectivity index (χ2v) is 3.60. The fourth-order valence-electron chi connectivity index (χ4n) is 1.48. The van der Waals surface area contributed by atoms with Gasteiger partial charge >= 0.3 is 0 Å². The second kappa shape index (κ2) is 6.57. The van der Waals surface area contributed by atoms with Crippen LogP contribution in [0.2, 0.25) is 0 Å². The van der Waals surface area contributed by atoms with Crippen LogP contribution >= 0.6 is 0 Å². The number of hydrogen-bond donors (Lipinski definition) is 2. The summed E-state index contributed by atoms with van der Waals surface area (Å²) in [4.78, 5) is 2.52. The molecule has 0 spiro atoms. The summed E-state index contributed by atoms with van der Waals surface area (Å²) in [7, 11) is 0. The average Bonchev–Trinajstić information content (AvgIpc) is 2.37. The largest absolute Gasteiger partial charge is 0.390 e. The van der Waals surface area contributed by atoms with Gasteiger partial charge in [0.1, 0.15) is 11.9 Å². The van der Waals surface area contributed by atoms with Crippen molar-refractivity contribution < 1.29 is 14.6 Å². The highest BCUT2D eigenvalue weighted by molar-refractivity contribution is 5.39. The fraction of sp³-hybridized carbons (Fsp3) is 0.364. The summed E-state index contributed by atoms with van der Waals surface area (Å²) in [5, 5.41) is 31.5. The number of nitriles is 1. The van der Waals surface area contributed by atoms with Crippen molar-refractivity contribution in [3.8, 4) is 6.07 Å². The molecular formula is C11H11FN4O2. The van der Waals surface area contributed by atoms with Gasteiger partial charge in [-0.3, -0.25) is 0 Å². The highest BCUT2D eigenvalue weighted by Gasteiger charge is 2.21. The zero-order valence-corrected chi connectivity index (χ0v) is 9.36. The molecule has 0 aliphatic carbocycles. The minimum absolute atomic E-state index is 0.0256. The van der Waals surface area contributed by atoms with E-state index in [4.69, 9.17) is 10.8 Å². The molecule has 0 saturated carbocycles. The molecule has 18 heavy (non-hydrogen) atoms. The Bertz CT molecular complexity index is 508. The second-order valence-electron chi connectivity index (χ2n) is 3.60. The fourth-order valence-corrected chi connectivity index (χ4v) is 1.48. The average molecular weight is 250 g/mol. The van der Waals surface area contributed by atoms with E-state index in [1.54, 1.807) is 6.07 Å². The Morgan fingerprint density at radius 2 is 2.22 bits per heavy atom. The van der Waals surface area contributed by atoms with Crippen molar-refractivity contribution in [3.05, 3.63) is 45.6 Å². The van der Waals surface area contributed by atoms with Crippen molar-refractivity contribution >= 4 is 0 Å².